The van der Waals surface area contributed by atoms with E-state index in [1.165, 1.54) is 29.9 Å². The van der Waals surface area contributed by atoms with Crippen LogP contribution in [0.3, 0.4) is 0 Å². The Hall–Kier alpha value is -2.22. The monoisotopic (exact) mass is 352 g/mol. The number of hydrogen-bond donors (Lipinski definition) is 1. The smallest absolute Gasteiger partial charge is 0.294 e. The molecule has 1 aromatic carbocycles. The van der Waals surface area contributed by atoms with E-state index in [9.17, 15) is 14.9 Å². The van der Waals surface area contributed by atoms with Crippen LogP contribution in [0.1, 0.15) is 21.7 Å². The van der Waals surface area contributed by atoms with Gasteiger partial charge in [-0.2, -0.15) is 5.10 Å². The van der Waals surface area contributed by atoms with Crippen molar-refractivity contribution in [2.45, 2.75) is 13.8 Å². The summed E-state index contributed by atoms with van der Waals surface area (Å²) in [4.78, 5) is 22.4. The van der Waals surface area contributed by atoms with E-state index in [2.05, 4.69) is 26.3 Å². The average molecular weight is 353 g/mol. The molecule has 0 atom stereocenters. The quantitative estimate of drug-likeness (QED) is 0.678. The molecular weight excluding hydrogens is 340 g/mol. The Bertz CT molecular complexity index is 739. The van der Waals surface area contributed by atoms with Crippen molar-refractivity contribution in [3.63, 3.8) is 0 Å². The second-order valence-corrected chi connectivity index (χ2v) is 5.23. The van der Waals surface area contributed by atoms with E-state index in [4.69, 9.17) is 0 Å². The number of halogens is 1. The number of aromatic nitrogens is 2. The summed E-state index contributed by atoms with van der Waals surface area (Å²) in [6.45, 7) is 3.59. The van der Waals surface area contributed by atoms with Gasteiger partial charge in [0.15, 0.2) is 0 Å². The molecule has 0 aliphatic rings. The number of nitro groups is 1. The zero-order valence-electron chi connectivity index (χ0n) is 11.7. The van der Waals surface area contributed by atoms with Crippen molar-refractivity contribution in [3.8, 4) is 5.69 Å². The number of benzene rings is 1. The molecule has 0 saturated carbocycles. The Morgan fingerprint density at radius 3 is 2.57 bits per heavy atom. The van der Waals surface area contributed by atoms with Gasteiger partial charge in [0.2, 0.25) is 0 Å². The largest absolute Gasteiger partial charge is 0.355 e. The Balaban J connectivity index is 2.71. The number of nitro benzene ring substituents is 1. The lowest BCUT2D eigenvalue weighted by Gasteiger charge is -2.08. The van der Waals surface area contributed by atoms with Crippen LogP contribution in [0.15, 0.2) is 22.7 Å². The molecule has 1 aromatic heterocycles. The summed E-state index contributed by atoms with van der Waals surface area (Å²) in [7, 11) is 1.50. The first-order valence-corrected chi connectivity index (χ1v) is 6.88. The molecule has 2 aromatic rings. The molecule has 21 heavy (non-hydrogen) atoms. The van der Waals surface area contributed by atoms with Crippen LogP contribution in [0, 0.1) is 24.0 Å². The first-order chi connectivity index (χ1) is 9.86. The van der Waals surface area contributed by atoms with E-state index in [0.717, 1.165) is 10.2 Å². The van der Waals surface area contributed by atoms with Gasteiger partial charge in [-0.1, -0.05) is 0 Å². The van der Waals surface area contributed by atoms with Gasteiger partial charge in [-0.3, -0.25) is 14.9 Å². The van der Waals surface area contributed by atoms with E-state index in [0.29, 0.717) is 11.3 Å². The van der Waals surface area contributed by atoms with Crippen LogP contribution >= 0.6 is 15.9 Å². The van der Waals surface area contributed by atoms with Crippen LogP contribution in [0.25, 0.3) is 5.69 Å². The fourth-order valence-corrected chi connectivity index (χ4v) is 2.24. The highest BCUT2D eigenvalue weighted by molar-refractivity contribution is 9.10. The molecule has 0 fully saturated rings. The maximum Gasteiger partial charge on any atom is 0.294 e. The molecule has 110 valence electrons. The van der Waals surface area contributed by atoms with Gasteiger partial charge < -0.3 is 5.32 Å². The number of amides is 1. The number of rotatable bonds is 3. The van der Waals surface area contributed by atoms with Crippen molar-refractivity contribution < 1.29 is 9.72 Å². The predicted molar refractivity (Wildman–Crippen MR) is 80.8 cm³/mol. The molecule has 0 bridgehead atoms. The van der Waals surface area contributed by atoms with Crippen LogP contribution in [0.4, 0.5) is 5.69 Å². The number of carbonyl (C=O) groups excluding carboxylic acids is 1. The second kappa shape index (κ2) is 5.65. The molecule has 8 heteroatoms. The van der Waals surface area contributed by atoms with E-state index in [1.807, 2.05) is 0 Å². The van der Waals surface area contributed by atoms with E-state index in [-0.39, 0.29) is 17.3 Å². The van der Waals surface area contributed by atoms with Crippen LogP contribution < -0.4 is 5.32 Å². The fraction of sp³-hybridized carbons (Fsp3) is 0.231. The van der Waals surface area contributed by atoms with Gasteiger partial charge in [0.1, 0.15) is 5.69 Å². The molecule has 1 heterocycles. The lowest BCUT2D eigenvalue weighted by molar-refractivity contribution is -0.384. The Labute approximate surface area is 129 Å². The van der Waals surface area contributed by atoms with Gasteiger partial charge in [0, 0.05) is 18.7 Å². The molecule has 7 nitrogen and oxygen atoms in total. The van der Waals surface area contributed by atoms with E-state index >= 15 is 0 Å². The Morgan fingerprint density at radius 2 is 2.10 bits per heavy atom. The van der Waals surface area contributed by atoms with Crippen molar-refractivity contribution in [1.82, 2.24) is 15.1 Å². The summed E-state index contributed by atoms with van der Waals surface area (Å²) in [5, 5.41) is 18.0. The molecule has 0 unspecified atom stereocenters. The van der Waals surface area contributed by atoms with Crippen molar-refractivity contribution in [2.75, 3.05) is 7.05 Å². The van der Waals surface area contributed by atoms with Crippen LogP contribution in [0.5, 0.6) is 0 Å². The van der Waals surface area contributed by atoms with Gasteiger partial charge in [-0.15, -0.1) is 0 Å². The zero-order valence-corrected chi connectivity index (χ0v) is 13.3. The minimum Gasteiger partial charge on any atom is -0.355 e. The standard InChI is InChI=1S/C13H13BrN4O3/c1-7-12(14)8(2)17(16-7)11-6-9(13(19)15-3)4-5-10(11)18(20)21/h4-6H,1-3H3,(H,15,19). The summed E-state index contributed by atoms with van der Waals surface area (Å²) >= 11 is 3.39. The van der Waals surface area contributed by atoms with Crippen LogP contribution in [-0.2, 0) is 0 Å². The summed E-state index contributed by atoms with van der Waals surface area (Å²) in [5.74, 6) is -0.313. The van der Waals surface area contributed by atoms with E-state index in [1.54, 1.807) is 13.8 Å². The van der Waals surface area contributed by atoms with Crippen molar-refractivity contribution in [1.29, 1.82) is 0 Å². The van der Waals surface area contributed by atoms with Gasteiger partial charge in [0.05, 0.1) is 20.8 Å². The van der Waals surface area contributed by atoms with Crippen molar-refractivity contribution >= 4 is 27.5 Å². The third-order valence-electron chi connectivity index (χ3n) is 3.09. The van der Waals surface area contributed by atoms with Crippen LogP contribution in [0.2, 0.25) is 0 Å². The fourth-order valence-electron chi connectivity index (χ4n) is 1.99. The first kappa shape index (κ1) is 15.2. The normalized spacial score (nSPS) is 10.5. The van der Waals surface area contributed by atoms with Gasteiger partial charge >= 0.3 is 0 Å². The summed E-state index contributed by atoms with van der Waals surface area (Å²) in [6, 6.07) is 4.19. The molecule has 0 radical (unpaired) electrons. The number of hydrogen-bond acceptors (Lipinski definition) is 4. The van der Waals surface area contributed by atoms with Crippen molar-refractivity contribution in [3.05, 3.63) is 49.7 Å². The topological polar surface area (TPSA) is 90.1 Å². The molecule has 0 spiro atoms. The Morgan fingerprint density at radius 1 is 1.43 bits per heavy atom. The maximum absolute atomic E-state index is 11.7. The van der Waals surface area contributed by atoms with Gasteiger partial charge in [0.25, 0.3) is 11.6 Å². The number of aryl methyl sites for hydroxylation is 1. The summed E-state index contributed by atoms with van der Waals surface area (Å²) < 4.78 is 2.24. The van der Waals surface area contributed by atoms with Crippen LogP contribution in [-0.4, -0.2) is 27.7 Å². The number of nitrogens with zero attached hydrogens (tertiary/aromatic N) is 3. The SMILES string of the molecule is CNC(=O)c1ccc([N+](=O)[O-])c(-n2nc(C)c(Br)c2C)c1. The third kappa shape index (κ3) is 2.66. The second-order valence-electron chi connectivity index (χ2n) is 4.44. The third-order valence-corrected chi connectivity index (χ3v) is 4.24. The average Bonchev–Trinajstić information content (AvgIpc) is 2.73. The number of carbonyl (C=O) groups is 1. The zero-order chi connectivity index (χ0) is 15.7. The molecule has 1 amide bonds. The highest BCUT2D eigenvalue weighted by Crippen LogP contribution is 2.29. The lowest BCUT2D eigenvalue weighted by atomic mass is 10.1. The lowest BCUT2D eigenvalue weighted by Crippen LogP contribution is -2.18. The Kier molecular flexibility index (Phi) is 4.08. The molecule has 2 rings (SSSR count). The minimum absolute atomic E-state index is 0.110. The predicted octanol–water partition coefficient (Wildman–Crippen LogP) is 2.52. The highest BCUT2D eigenvalue weighted by Gasteiger charge is 2.21. The van der Waals surface area contributed by atoms with Gasteiger partial charge in [-0.25, -0.2) is 4.68 Å². The molecule has 0 aliphatic heterocycles. The summed E-state index contributed by atoms with van der Waals surface area (Å²) in [5.41, 5.74) is 1.92. The molecule has 1 N–H and O–H groups in total. The molecular formula is C13H13BrN4O3. The maximum atomic E-state index is 11.7. The highest BCUT2D eigenvalue weighted by atomic mass is 79.9. The summed E-state index contributed by atoms with van der Waals surface area (Å²) in [6.07, 6.45) is 0. The first-order valence-electron chi connectivity index (χ1n) is 6.09. The van der Waals surface area contributed by atoms with Gasteiger partial charge in [-0.05, 0) is 41.9 Å². The molecule has 0 aliphatic carbocycles. The van der Waals surface area contributed by atoms with E-state index < -0.39 is 4.92 Å². The van der Waals surface area contributed by atoms with Crippen molar-refractivity contribution in [2.24, 2.45) is 0 Å². The number of nitrogens with one attached hydrogen (secondary N) is 1. The molecule has 0 saturated heterocycles. The minimum atomic E-state index is -0.493.